The Morgan fingerprint density at radius 3 is 2.17 bits per heavy atom. The lowest BCUT2D eigenvalue weighted by Gasteiger charge is -2.35. The maximum absolute atomic E-state index is 12.0. The van der Waals surface area contributed by atoms with Crippen molar-refractivity contribution in [2.45, 2.75) is 33.4 Å². The Labute approximate surface area is 174 Å². The summed E-state index contributed by atoms with van der Waals surface area (Å²) in [6.07, 6.45) is 1.33. The molecule has 1 aliphatic rings. The molecule has 0 radical (unpaired) electrons. The summed E-state index contributed by atoms with van der Waals surface area (Å²) < 4.78 is 10.6. The van der Waals surface area contributed by atoms with Crippen LogP contribution < -0.4 is 14.8 Å². The van der Waals surface area contributed by atoms with Gasteiger partial charge in [-0.3, -0.25) is 9.69 Å². The molecule has 1 amide bonds. The first-order valence-electron chi connectivity index (χ1n) is 10.4. The summed E-state index contributed by atoms with van der Waals surface area (Å²) in [7, 11) is 1.62. The Kier molecular flexibility index (Phi) is 7.53. The molecule has 2 aromatic rings. The van der Waals surface area contributed by atoms with Crippen molar-refractivity contribution in [1.82, 2.24) is 10.2 Å². The van der Waals surface area contributed by atoms with E-state index in [1.165, 1.54) is 25.1 Å². The molecule has 0 saturated carbocycles. The topological polar surface area (TPSA) is 50.8 Å². The standard InChI is InChI=1S/C24H32N2O3/c1-18-12-19(2)15-26(14-18)16-21-6-4-20(5-7-21)13-25-24(27)17-29-23-10-8-22(28-3)9-11-23/h4-11,18-19H,12-17H2,1-3H3,(H,25,27). The summed E-state index contributed by atoms with van der Waals surface area (Å²) in [6, 6.07) is 15.7. The van der Waals surface area contributed by atoms with Gasteiger partial charge in [0.1, 0.15) is 11.5 Å². The Morgan fingerprint density at radius 2 is 1.55 bits per heavy atom. The molecular weight excluding hydrogens is 364 g/mol. The zero-order valence-corrected chi connectivity index (χ0v) is 17.7. The third-order valence-electron chi connectivity index (χ3n) is 5.29. The van der Waals surface area contributed by atoms with Crippen molar-refractivity contribution < 1.29 is 14.3 Å². The van der Waals surface area contributed by atoms with Crippen LogP contribution in [0, 0.1) is 11.8 Å². The van der Waals surface area contributed by atoms with Crippen molar-refractivity contribution in [2.24, 2.45) is 11.8 Å². The Bertz CT molecular complexity index is 764. The van der Waals surface area contributed by atoms with Crippen LogP contribution >= 0.6 is 0 Å². The number of carbonyl (C=O) groups excluding carboxylic acids is 1. The predicted molar refractivity (Wildman–Crippen MR) is 115 cm³/mol. The van der Waals surface area contributed by atoms with Crippen LogP contribution in [0.3, 0.4) is 0 Å². The van der Waals surface area contributed by atoms with Gasteiger partial charge >= 0.3 is 0 Å². The van der Waals surface area contributed by atoms with Crippen LogP contribution in [0.5, 0.6) is 11.5 Å². The normalized spacial score (nSPS) is 19.6. The Balaban J connectivity index is 1.40. The highest BCUT2D eigenvalue weighted by molar-refractivity contribution is 5.77. The molecule has 2 unspecified atom stereocenters. The highest BCUT2D eigenvalue weighted by Gasteiger charge is 2.21. The maximum atomic E-state index is 12.0. The van der Waals surface area contributed by atoms with E-state index in [9.17, 15) is 4.79 Å². The van der Waals surface area contributed by atoms with Crippen molar-refractivity contribution in [3.8, 4) is 11.5 Å². The minimum atomic E-state index is -0.138. The van der Waals surface area contributed by atoms with E-state index in [1.807, 2.05) is 0 Å². The Morgan fingerprint density at radius 1 is 0.966 bits per heavy atom. The summed E-state index contributed by atoms with van der Waals surface area (Å²) in [5.74, 6) is 2.81. The van der Waals surface area contributed by atoms with E-state index in [0.29, 0.717) is 12.3 Å². The number of hydrogen-bond donors (Lipinski definition) is 1. The van der Waals surface area contributed by atoms with Gasteiger partial charge in [-0.2, -0.15) is 0 Å². The number of nitrogens with zero attached hydrogens (tertiary/aromatic N) is 1. The molecule has 5 nitrogen and oxygen atoms in total. The summed E-state index contributed by atoms with van der Waals surface area (Å²) >= 11 is 0. The molecule has 0 aromatic heterocycles. The first-order valence-corrected chi connectivity index (χ1v) is 10.4. The number of benzene rings is 2. The van der Waals surface area contributed by atoms with Crippen molar-refractivity contribution in [3.05, 3.63) is 59.7 Å². The van der Waals surface area contributed by atoms with Gasteiger partial charge in [0.05, 0.1) is 7.11 Å². The van der Waals surface area contributed by atoms with Crippen molar-refractivity contribution >= 4 is 5.91 Å². The molecule has 1 saturated heterocycles. The van der Waals surface area contributed by atoms with Crippen LogP contribution in [0.15, 0.2) is 48.5 Å². The Hall–Kier alpha value is -2.53. The fourth-order valence-corrected chi connectivity index (χ4v) is 4.01. The van der Waals surface area contributed by atoms with Crippen LogP contribution in [0.25, 0.3) is 0 Å². The number of methoxy groups -OCH3 is 1. The number of nitrogens with one attached hydrogen (secondary N) is 1. The minimum absolute atomic E-state index is 0.00422. The summed E-state index contributed by atoms with van der Waals surface area (Å²) in [5, 5.41) is 2.91. The van der Waals surface area contributed by atoms with Crippen LogP contribution in [0.2, 0.25) is 0 Å². The lowest BCUT2D eigenvalue weighted by atomic mass is 9.91. The molecule has 0 aliphatic carbocycles. The van der Waals surface area contributed by atoms with E-state index < -0.39 is 0 Å². The van der Waals surface area contributed by atoms with Gasteiger partial charge in [-0.25, -0.2) is 0 Å². The third kappa shape index (κ3) is 6.79. The van der Waals surface area contributed by atoms with E-state index in [2.05, 4.69) is 48.3 Å². The van der Waals surface area contributed by atoms with E-state index >= 15 is 0 Å². The van der Waals surface area contributed by atoms with Gasteiger partial charge in [0.25, 0.3) is 5.91 Å². The number of ether oxygens (including phenoxy) is 2. The molecular formula is C24H32N2O3. The van der Waals surface area contributed by atoms with Gasteiger partial charge in [-0.05, 0) is 53.6 Å². The molecule has 2 atom stereocenters. The summed E-state index contributed by atoms with van der Waals surface area (Å²) in [5.41, 5.74) is 2.41. The average molecular weight is 397 g/mol. The second kappa shape index (κ2) is 10.3. The smallest absolute Gasteiger partial charge is 0.258 e. The molecule has 3 rings (SSSR count). The van der Waals surface area contributed by atoms with Crippen molar-refractivity contribution in [1.29, 1.82) is 0 Å². The fraction of sp³-hybridized carbons (Fsp3) is 0.458. The molecule has 0 spiro atoms. The van der Waals surface area contributed by atoms with Crippen molar-refractivity contribution in [2.75, 3.05) is 26.8 Å². The molecule has 2 aromatic carbocycles. The highest BCUT2D eigenvalue weighted by atomic mass is 16.5. The molecule has 1 heterocycles. The van der Waals surface area contributed by atoms with Crippen molar-refractivity contribution in [3.63, 3.8) is 0 Å². The number of carbonyl (C=O) groups is 1. The molecule has 1 fully saturated rings. The molecule has 5 heteroatoms. The van der Waals surface area contributed by atoms with Crippen LogP contribution in [0.1, 0.15) is 31.4 Å². The number of piperidine rings is 1. The first-order chi connectivity index (χ1) is 14.0. The average Bonchev–Trinajstić information content (AvgIpc) is 2.71. The number of likely N-dealkylation sites (tertiary alicyclic amines) is 1. The van der Waals surface area contributed by atoms with Gasteiger partial charge in [0, 0.05) is 26.2 Å². The predicted octanol–water partition coefficient (Wildman–Crippen LogP) is 3.87. The quantitative estimate of drug-likeness (QED) is 0.736. The number of rotatable bonds is 8. The van der Waals surface area contributed by atoms with Gasteiger partial charge in [-0.1, -0.05) is 38.1 Å². The van der Waals surface area contributed by atoms with E-state index in [1.54, 1.807) is 31.4 Å². The van der Waals surface area contributed by atoms with Crippen LogP contribution in [0.4, 0.5) is 0 Å². The number of amides is 1. The van der Waals surface area contributed by atoms with Crippen LogP contribution in [-0.2, 0) is 17.9 Å². The monoisotopic (exact) mass is 396 g/mol. The van der Waals surface area contributed by atoms with Gasteiger partial charge in [0.15, 0.2) is 6.61 Å². The van der Waals surface area contributed by atoms with E-state index in [0.717, 1.165) is 29.7 Å². The largest absolute Gasteiger partial charge is 0.497 e. The van der Waals surface area contributed by atoms with E-state index in [4.69, 9.17) is 9.47 Å². The zero-order valence-electron chi connectivity index (χ0n) is 17.7. The highest BCUT2D eigenvalue weighted by Crippen LogP contribution is 2.22. The lowest BCUT2D eigenvalue weighted by Crippen LogP contribution is -2.38. The van der Waals surface area contributed by atoms with Gasteiger partial charge < -0.3 is 14.8 Å². The molecule has 0 bridgehead atoms. The lowest BCUT2D eigenvalue weighted by molar-refractivity contribution is -0.123. The molecule has 1 aliphatic heterocycles. The summed E-state index contributed by atoms with van der Waals surface area (Å²) in [6.45, 7) is 8.53. The van der Waals surface area contributed by atoms with E-state index in [-0.39, 0.29) is 12.5 Å². The van der Waals surface area contributed by atoms with Gasteiger partial charge in [0.2, 0.25) is 0 Å². The zero-order chi connectivity index (χ0) is 20.6. The fourth-order valence-electron chi connectivity index (χ4n) is 4.01. The summed E-state index contributed by atoms with van der Waals surface area (Å²) in [4.78, 5) is 14.6. The first kappa shape index (κ1) is 21.2. The second-order valence-electron chi connectivity index (χ2n) is 8.20. The van der Waals surface area contributed by atoms with Crippen LogP contribution in [-0.4, -0.2) is 37.6 Å². The van der Waals surface area contributed by atoms with Gasteiger partial charge in [-0.15, -0.1) is 0 Å². The SMILES string of the molecule is COc1ccc(OCC(=O)NCc2ccc(CN3CC(C)CC(C)C3)cc2)cc1. The second-order valence-corrected chi connectivity index (χ2v) is 8.20. The minimum Gasteiger partial charge on any atom is -0.497 e. The third-order valence-corrected chi connectivity index (χ3v) is 5.29. The molecule has 29 heavy (non-hydrogen) atoms. The molecule has 156 valence electrons. The molecule has 1 N–H and O–H groups in total. The number of hydrogen-bond acceptors (Lipinski definition) is 4. The maximum Gasteiger partial charge on any atom is 0.258 e.